The lowest BCUT2D eigenvalue weighted by Gasteiger charge is -2.19. The number of nitrogens with zero attached hydrogens (tertiary/aromatic N) is 3. The predicted molar refractivity (Wildman–Crippen MR) is 83.6 cm³/mol. The summed E-state index contributed by atoms with van der Waals surface area (Å²) in [7, 11) is 0. The zero-order chi connectivity index (χ0) is 14.7. The lowest BCUT2D eigenvalue weighted by Crippen LogP contribution is -2.21. The molecule has 1 saturated heterocycles. The first-order valence-electron chi connectivity index (χ1n) is 6.92. The summed E-state index contributed by atoms with van der Waals surface area (Å²) in [5.41, 5.74) is 6.64. The highest BCUT2D eigenvalue weighted by Gasteiger charge is 2.16. The van der Waals surface area contributed by atoms with Crippen molar-refractivity contribution in [3.05, 3.63) is 35.0 Å². The Bertz CT molecular complexity index is 636. The number of hydrogen-bond acceptors (Lipinski definition) is 6. The first-order chi connectivity index (χ1) is 10.2. The standard InChI is InChI=1S/C14H17N5OS/c15-12(20)11-9-21-14(18-11)17-8-10-4-3-5-16-13(10)19-6-1-2-7-19/h3-5,9H,1-2,6-8H2,(H2,15,20)(H,17,18). The molecule has 0 atom stereocenters. The smallest absolute Gasteiger partial charge is 0.268 e. The summed E-state index contributed by atoms with van der Waals surface area (Å²) in [5.74, 6) is 0.535. The second kappa shape index (κ2) is 6.09. The molecule has 2 aromatic rings. The van der Waals surface area contributed by atoms with E-state index in [4.69, 9.17) is 5.73 Å². The summed E-state index contributed by atoms with van der Waals surface area (Å²) in [5, 5.41) is 5.59. The molecule has 1 amide bonds. The van der Waals surface area contributed by atoms with Crippen LogP contribution in [0.3, 0.4) is 0 Å². The van der Waals surface area contributed by atoms with E-state index in [0.717, 1.165) is 24.5 Å². The van der Waals surface area contributed by atoms with Crippen molar-refractivity contribution in [2.24, 2.45) is 5.73 Å². The Morgan fingerprint density at radius 1 is 1.43 bits per heavy atom. The lowest BCUT2D eigenvalue weighted by molar-refractivity contribution is 0.0996. The van der Waals surface area contributed by atoms with Crippen LogP contribution in [0.2, 0.25) is 0 Å². The fourth-order valence-electron chi connectivity index (χ4n) is 2.42. The van der Waals surface area contributed by atoms with Gasteiger partial charge >= 0.3 is 0 Å². The van der Waals surface area contributed by atoms with Gasteiger partial charge in [-0.3, -0.25) is 4.79 Å². The van der Waals surface area contributed by atoms with Gasteiger partial charge in [0.1, 0.15) is 11.5 Å². The fraction of sp³-hybridized carbons (Fsp3) is 0.357. The van der Waals surface area contributed by atoms with E-state index in [0.29, 0.717) is 17.4 Å². The number of hydrogen-bond donors (Lipinski definition) is 2. The van der Waals surface area contributed by atoms with Crippen LogP contribution in [-0.4, -0.2) is 29.0 Å². The van der Waals surface area contributed by atoms with Gasteiger partial charge in [-0.15, -0.1) is 11.3 Å². The molecule has 1 aliphatic rings. The maximum atomic E-state index is 11.0. The van der Waals surface area contributed by atoms with Crippen molar-refractivity contribution < 1.29 is 4.79 Å². The monoisotopic (exact) mass is 303 g/mol. The molecule has 0 aliphatic carbocycles. The molecule has 1 fully saturated rings. The third-order valence-corrected chi connectivity index (χ3v) is 4.26. The molecule has 3 N–H and O–H groups in total. The Labute approximate surface area is 127 Å². The van der Waals surface area contributed by atoms with E-state index >= 15 is 0 Å². The molecular weight excluding hydrogens is 286 g/mol. The highest BCUT2D eigenvalue weighted by Crippen LogP contribution is 2.23. The number of thiazole rings is 1. The Morgan fingerprint density at radius 2 is 2.24 bits per heavy atom. The molecule has 0 radical (unpaired) electrons. The first-order valence-corrected chi connectivity index (χ1v) is 7.80. The maximum absolute atomic E-state index is 11.0. The Morgan fingerprint density at radius 3 is 2.95 bits per heavy atom. The van der Waals surface area contributed by atoms with Crippen molar-refractivity contribution in [2.45, 2.75) is 19.4 Å². The van der Waals surface area contributed by atoms with Crippen LogP contribution in [0.25, 0.3) is 0 Å². The van der Waals surface area contributed by atoms with Crippen LogP contribution in [0, 0.1) is 0 Å². The predicted octanol–water partition coefficient (Wildman–Crippen LogP) is 1.85. The summed E-state index contributed by atoms with van der Waals surface area (Å²) >= 11 is 1.38. The second-order valence-corrected chi connectivity index (χ2v) is 5.79. The minimum Gasteiger partial charge on any atom is -0.364 e. The van der Waals surface area contributed by atoms with Gasteiger partial charge in [-0.2, -0.15) is 0 Å². The topological polar surface area (TPSA) is 84.1 Å². The minimum atomic E-state index is -0.501. The van der Waals surface area contributed by atoms with Crippen LogP contribution in [-0.2, 0) is 6.54 Å². The minimum absolute atomic E-state index is 0.299. The number of carbonyl (C=O) groups excluding carboxylic acids is 1. The van der Waals surface area contributed by atoms with Gasteiger partial charge in [0.15, 0.2) is 5.13 Å². The molecule has 0 unspecified atom stereocenters. The zero-order valence-corrected chi connectivity index (χ0v) is 12.4. The maximum Gasteiger partial charge on any atom is 0.268 e. The number of aromatic nitrogens is 2. The zero-order valence-electron chi connectivity index (χ0n) is 11.6. The van der Waals surface area contributed by atoms with Crippen molar-refractivity contribution in [2.75, 3.05) is 23.3 Å². The van der Waals surface area contributed by atoms with Crippen LogP contribution in [0.15, 0.2) is 23.7 Å². The molecule has 2 aromatic heterocycles. The molecule has 0 bridgehead atoms. The normalized spacial score (nSPS) is 14.4. The van der Waals surface area contributed by atoms with E-state index in [-0.39, 0.29) is 0 Å². The molecule has 0 spiro atoms. The summed E-state index contributed by atoms with van der Waals surface area (Å²) in [6, 6.07) is 4.00. The van der Waals surface area contributed by atoms with Gasteiger partial charge in [-0.05, 0) is 18.9 Å². The molecule has 1 aliphatic heterocycles. The summed E-state index contributed by atoms with van der Waals surface area (Å²) in [4.78, 5) is 22.0. The van der Waals surface area contributed by atoms with E-state index in [1.54, 1.807) is 5.38 Å². The van der Waals surface area contributed by atoms with Crippen molar-refractivity contribution >= 4 is 28.2 Å². The third-order valence-electron chi connectivity index (χ3n) is 3.46. The van der Waals surface area contributed by atoms with E-state index in [1.807, 2.05) is 12.3 Å². The summed E-state index contributed by atoms with van der Waals surface area (Å²) < 4.78 is 0. The van der Waals surface area contributed by atoms with Crippen LogP contribution in [0.1, 0.15) is 28.9 Å². The van der Waals surface area contributed by atoms with Crippen molar-refractivity contribution in [3.8, 4) is 0 Å². The Balaban J connectivity index is 1.71. The van der Waals surface area contributed by atoms with Crippen molar-refractivity contribution in [1.29, 1.82) is 0 Å². The molecule has 3 heterocycles. The SMILES string of the molecule is NC(=O)c1csc(NCc2cccnc2N2CCCC2)n1. The number of nitrogens with two attached hydrogens (primary N) is 1. The molecule has 3 rings (SSSR count). The fourth-order valence-corrected chi connectivity index (χ4v) is 3.12. The molecule has 6 nitrogen and oxygen atoms in total. The second-order valence-electron chi connectivity index (χ2n) is 4.94. The average molecular weight is 303 g/mol. The highest BCUT2D eigenvalue weighted by molar-refractivity contribution is 7.13. The van der Waals surface area contributed by atoms with Gasteiger partial charge < -0.3 is 16.0 Å². The van der Waals surface area contributed by atoms with Gasteiger partial charge in [0.2, 0.25) is 0 Å². The van der Waals surface area contributed by atoms with Gasteiger partial charge in [0.05, 0.1) is 0 Å². The number of amides is 1. The van der Waals surface area contributed by atoms with E-state index in [2.05, 4.69) is 26.3 Å². The third kappa shape index (κ3) is 3.13. The molecule has 0 saturated carbocycles. The van der Waals surface area contributed by atoms with Crippen molar-refractivity contribution in [3.63, 3.8) is 0 Å². The number of nitrogens with one attached hydrogen (secondary N) is 1. The van der Waals surface area contributed by atoms with Gasteiger partial charge in [0, 0.05) is 36.8 Å². The molecule has 7 heteroatoms. The molecule has 110 valence electrons. The molecular formula is C14H17N5OS. The van der Waals surface area contributed by atoms with E-state index in [1.165, 1.54) is 24.2 Å². The highest BCUT2D eigenvalue weighted by atomic mass is 32.1. The number of rotatable bonds is 5. The average Bonchev–Trinajstić information content (AvgIpc) is 3.17. The summed E-state index contributed by atoms with van der Waals surface area (Å²) in [6.07, 6.45) is 4.27. The number of carbonyl (C=O) groups is 1. The number of pyridine rings is 1. The van der Waals surface area contributed by atoms with Gasteiger partial charge in [-0.1, -0.05) is 6.07 Å². The van der Waals surface area contributed by atoms with E-state index in [9.17, 15) is 4.79 Å². The van der Waals surface area contributed by atoms with Crippen LogP contribution >= 0.6 is 11.3 Å². The molecule has 0 aromatic carbocycles. The van der Waals surface area contributed by atoms with Crippen LogP contribution in [0.5, 0.6) is 0 Å². The van der Waals surface area contributed by atoms with Crippen molar-refractivity contribution in [1.82, 2.24) is 9.97 Å². The summed E-state index contributed by atoms with van der Waals surface area (Å²) in [6.45, 7) is 2.76. The number of primary amides is 1. The lowest BCUT2D eigenvalue weighted by atomic mass is 10.2. The van der Waals surface area contributed by atoms with Crippen LogP contribution in [0.4, 0.5) is 10.9 Å². The Hall–Kier alpha value is -2.15. The first kappa shape index (κ1) is 13.8. The molecule has 21 heavy (non-hydrogen) atoms. The largest absolute Gasteiger partial charge is 0.364 e. The van der Waals surface area contributed by atoms with Gasteiger partial charge in [0.25, 0.3) is 5.91 Å². The van der Waals surface area contributed by atoms with Crippen LogP contribution < -0.4 is 16.0 Å². The van der Waals surface area contributed by atoms with E-state index < -0.39 is 5.91 Å². The quantitative estimate of drug-likeness (QED) is 0.880. The van der Waals surface area contributed by atoms with Gasteiger partial charge in [-0.25, -0.2) is 9.97 Å². The Kier molecular flexibility index (Phi) is 4.01. The number of anilines is 2.